The summed E-state index contributed by atoms with van der Waals surface area (Å²) in [6.45, 7) is 5.88. The quantitative estimate of drug-likeness (QED) is 0.657. The second-order valence-electron chi connectivity index (χ2n) is 6.54. The zero-order valence-electron chi connectivity index (χ0n) is 15.2. The first-order valence-corrected chi connectivity index (χ1v) is 8.90. The van der Waals surface area contributed by atoms with Gasteiger partial charge in [-0.15, -0.1) is 11.6 Å². The molecule has 0 radical (unpaired) electrons. The molecular weight excluding hydrogens is 334 g/mol. The zero-order valence-corrected chi connectivity index (χ0v) is 15.9. The van der Waals surface area contributed by atoms with Crippen molar-refractivity contribution in [3.63, 3.8) is 0 Å². The van der Waals surface area contributed by atoms with Gasteiger partial charge in [0.1, 0.15) is 11.6 Å². The van der Waals surface area contributed by atoms with Crippen LogP contribution in [0.2, 0.25) is 0 Å². The number of hydrogen-bond acceptors (Lipinski definition) is 3. The molecule has 0 aliphatic carbocycles. The average molecular weight is 358 g/mol. The lowest BCUT2D eigenvalue weighted by Gasteiger charge is -2.19. The van der Waals surface area contributed by atoms with Crippen LogP contribution in [0.15, 0.2) is 30.3 Å². The Morgan fingerprint density at radius 2 is 1.88 bits per heavy atom. The molecule has 0 aliphatic rings. The van der Waals surface area contributed by atoms with Crippen molar-refractivity contribution in [1.82, 2.24) is 14.9 Å². The van der Waals surface area contributed by atoms with Crippen LogP contribution < -0.4 is 4.74 Å². The topological polar surface area (TPSA) is 41.1 Å². The fraction of sp³-hybridized carbons (Fsp3) is 0.350. The number of alkyl halides is 1. The Hall–Kier alpha value is -2.04. The molecule has 0 aliphatic heterocycles. The summed E-state index contributed by atoms with van der Waals surface area (Å²) in [5.74, 6) is 2.34. The van der Waals surface area contributed by atoms with E-state index in [-0.39, 0.29) is 0 Å². The number of ether oxygens (including phenoxy) is 1. The van der Waals surface area contributed by atoms with Crippen molar-refractivity contribution in [1.29, 1.82) is 0 Å². The number of fused-ring (bicyclic) bond motifs is 1. The standard InChI is InChI=1S/C20H24ClN3O/c1-13-8-16(25-4)9-14(2)17(13)11-24(3)12-19-22-18-7-5-6-15(10-21)20(18)23-19/h5-9H,10-12H2,1-4H3,(H,22,23). The molecule has 0 amide bonds. The van der Waals surface area contributed by atoms with Crippen LogP contribution >= 0.6 is 11.6 Å². The third kappa shape index (κ3) is 3.80. The first-order valence-electron chi connectivity index (χ1n) is 8.37. The number of aromatic nitrogens is 2. The zero-order chi connectivity index (χ0) is 18.0. The summed E-state index contributed by atoms with van der Waals surface area (Å²) in [6.07, 6.45) is 0. The Morgan fingerprint density at radius 1 is 1.16 bits per heavy atom. The first kappa shape index (κ1) is 17.8. The van der Waals surface area contributed by atoms with Gasteiger partial charge in [-0.05, 0) is 61.3 Å². The Labute approximate surface area is 153 Å². The molecule has 2 aromatic carbocycles. The van der Waals surface area contributed by atoms with E-state index in [1.807, 2.05) is 18.2 Å². The molecule has 0 atom stereocenters. The van der Waals surface area contributed by atoms with E-state index in [9.17, 15) is 0 Å². The van der Waals surface area contributed by atoms with Crippen molar-refractivity contribution in [3.05, 3.63) is 58.4 Å². The highest BCUT2D eigenvalue weighted by molar-refractivity contribution is 6.17. The highest BCUT2D eigenvalue weighted by atomic mass is 35.5. The van der Waals surface area contributed by atoms with Gasteiger partial charge < -0.3 is 9.72 Å². The second kappa shape index (κ2) is 7.46. The summed E-state index contributed by atoms with van der Waals surface area (Å²) in [5.41, 5.74) is 6.90. The molecule has 5 heteroatoms. The van der Waals surface area contributed by atoms with E-state index in [4.69, 9.17) is 21.3 Å². The fourth-order valence-corrected chi connectivity index (χ4v) is 3.44. The number of nitrogens with one attached hydrogen (secondary N) is 1. The van der Waals surface area contributed by atoms with Gasteiger partial charge in [-0.1, -0.05) is 12.1 Å². The summed E-state index contributed by atoms with van der Waals surface area (Å²) in [5, 5.41) is 0. The molecule has 0 bridgehead atoms. The van der Waals surface area contributed by atoms with Gasteiger partial charge in [0.05, 0.1) is 24.7 Å². The highest BCUT2D eigenvalue weighted by Gasteiger charge is 2.12. The monoisotopic (exact) mass is 357 g/mol. The van der Waals surface area contributed by atoms with E-state index in [0.29, 0.717) is 5.88 Å². The first-order chi connectivity index (χ1) is 12.0. The maximum atomic E-state index is 6.01. The van der Waals surface area contributed by atoms with Gasteiger partial charge in [-0.2, -0.15) is 0 Å². The molecule has 0 spiro atoms. The molecule has 25 heavy (non-hydrogen) atoms. The van der Waals surface area contributed by atoms with Gasteiger partial charge in [0.25, 0.3) is 0 Å². The Kier molecular flexibility index (Phi) is 5.30. The number of imidazole rings is 1. The van der Waals surface area contributed by atoms with Gasteiger partial charge in [-0.3, -0.25) is 4.90 Å². The van der Waals surface area contributed by atoms with Crippen LogP contribution in [0.5, 0.6) is 5.75 Å². The van der Waals surface area contributed by atoms with Gasteiger partial charge in [0, 0.05) is 12.4 Å². The van der Waals surface area contributed by atoms with Crippen LogP contribution in [0, 0.1) is 13.8 Å². The number of aromatic amines is 1. The van der Waals surface area contributed by atoms with Crippen LogP contribution in [-0.4, -0.2) is 29.0 Å². The fourth-order valence-electron chi connectivity index (χ4n) is 3.23. The van der Waals surface area contributed by atoms with E-state index < -0.39 is 0 Å². The van der Waals surface area contributed by atoms with Crippen molar-refractivity contribution >= 4 is 22.6 Å². The molecule has 4 nitrogen and oxygen atoms in total. The Bertz CT molecular complexity index is 865. The number of hydrogen-bond donors (Lipinski definition) is 1. The average Bonchev–Trinajstić information content (AvgIpc) is 2.99. The SMILES string of the molecule is COc1cc(C)c(CN(C)Cc2nc3c(CCl)cccc3[nH]2)c(C)c1. The number of para-hydroxylation sites is 1. The Morgan fingerprint density at radius 3 is 2.52 bits per heavy atom. The number of rotatable bonds is 6. The molecule has 3 aromatic rings. The molecule has 0 unspecified atom stereocenters. The van der Waals surface area contributed by atoms with E-state index in [2.05, 4.69) is 42.9 Å². The van der Waals surface area contributed by atoms with E-state index in [1.165, 1.54) is 16.7 Å². The normalized spacial score (nSPS) is 11.4. The number of nitrogens with zero attached hydrogens (tertiary/aromatic N) is 2. The summed E-state index contributed by atoms with van der Waals surface area (Å²) in [4.78, 5) is 10.4. The molecular formula is C20H24ClN3O. The maximum absolute atomic E-state index is 6.01. The molecule has 0 saturated heterocycles. The van der Waals surface area contributed by atoms with Crippen LogP contribution in [0.1, 0.15) is 28.1 Å². The molecule has 3 rings (SSSR count). The van der Waals surface area contributed by atoms with Crippen molar-refractivity contribution in [2.45, 2.75) is 32.8 Å². The molecule has 0 saturated carbocycles. The van der Waals surface area contributed by atoms with E-state index in [0.717, 1.165) is 41.3 Å². The summed E-state index contributed by atoms with van der Waals surface area (Å²) in [6, 6.07) is 10.2. The predicted molar refractivity (Wildman–Crippen MR) is 103 cm³/mol. The molecule has 1 N–H and O–H groups in total. The molecule has 0 fully saturated rings. The number of H-pyrrole nitrogens is 1. The lowest BCUT2D eigenvalue weighted by molar-refractivity contribution is 0.310. The number of methoxy groups -OCH3 is 1. The number of aryl methyl sites for hydroxylation is 2. The molecule has 1 heterocycles. The van der Waals surface area contributed by atoms with Gasteiger partial charge in [0.2, 0.25) is 0 Å². The van der Waals surface area contributed by atoms with Crippen molar-refractivity contribution in [2.75, 3.05) is 14.2 Å². The third-order valence-electron chi connectivity index (χ3n) is 4.54. The van der Waals surface area contributed by atoms with Crippen LogP contribution in [0.25, 0.3) is 11.0 Å². The highest BCUT2D eigenvalue weighted by Crippen LogP contribution is 2.23. The minimum absolute atomic E-state index is 0.474. The minimum Gasteiger partial charge on any atom is -0.497 e. The van der Waals surface area contributed by atoms with Crippen molar-refractivity contribution in [2.24, 2.45) is 0 Å². The minimum atomic E-state index is 0.474. The van der Waals surface area contributed by atoms with Gasteiger partial charge in [-0.25, -0.2) is 4.98 Å². The number of halogens is 1. The maximum Gasteiger partial charge on any atom is 0.121 e. The third-order valence-corrected chi connectivity index (χ3v) is 4.83. The van der Waals surface area contributed by atoms with Crippen molar-refractivity contribution < 1.29 is 4.74 Å². The summed E-state index contributed by atoms with van der Waals surface area (Å²) in [7, 11) is 3.81. The van der Waals surface area contributed by atoms with Crippen LogP contribution in [-0.2, 0) is 19.0 Å². The summed E-state index contributed by atoms with van der Waals surface area (Å²) >= 11 is 6.01. The Balaban J connectivity index is 1.78. The lowest BCUT2D eigenvalue weighted by Crippen LogP contribution is -2.19. The lowest BCUT2D eigenvalue weighted by atomic mass is 10.0. The van der Waals surface area contributed by atoms with Gasteiger partial charge in [0.15, 0.2) is 0 Å². The van der Waals surface area contributed by atoms with Gasteiger partial charge >= 0.3 is 0 Å². The largest absolute Gasteiger partial charge is 0.497 e. The van der Waals surface area contributed by atoms with E-state index in [1.54, 1.807) is 7.11 Å². The smallest absolute Gasteiger partial charge is 0.121 e. The second-order valence-corrected chi connectivity index (χ2v) is 6.81. The van der Waals surface area contributed by atoms with Crippen molar-refractivity contribution in [3.8, 4) is 5.75 Å². The van der Waals surface area contributed by atoms with Crippen LogP contribution in [0.3, 0.4) is 0 Å². The molecule has 132 valence electrons. The predicted octanol–water partition coefficient (Wildman–Crippen LogP) is 4.56. The summed E-state index contributed by atoms with van der Waals surface area (Å²) < 4.78 is 5.35. The molecule has 1 aromatic heterocycles. The van der Waals surface area contributed by atoms with E-state index >= 15 is 0 Å². The number of benzene rings is 2. The van der Waals surface area contributed by atoms with Crippen LogP contribution in [0.4, 0.5) is 0 Å².